The second-order valence-electron chi connectivity index (χ2n) is 7.16. The SMILES string of the molecule is O=C(O)c1nnc(C2CN(C(=O)OCC3c4ccccc4-c4ccccc43)C2)s1. The fourth-order valence-electron chi connectivity index (χ4n) is 3.96. The number of likely N-dealkylation sites (tertiary alicyclic amines) is 1. The van der Waals surface area contributed by atoms with Crippen LogP contribution in [0.15, 0.2) is 48.5 Å². The predicted octanol–water partition coefficient (Wildman–Crippen LogP) is 3.58. The van der Waals surface area contributed by atoms with Crippen LogP contribution >= 0.6 is 11.3 Å². The van der Waals surface area contributed by atoms with Crippen LogP contribution in [0.5, 0.6) is 0 Å². The molecule has 5 rings (SSSR count). The molecule has 0 saturated carbocycles. The minimum Gasteiger partial charge on any atom is -0.476 e. The number of carboxylic acid groups (broad SMARTS) is 1. The van der Waals surface area contributed by atoms with Gasteiger partial charge < -0.3 is 14.7 Å². The number of fused-ring (bicyclic) bond motifs is 3. The molecular weight excluding hydrogens is 390 g/mol. The molecule has 0 unspecified atom stereocenters. The number of benzene rings is 2. The van der Waals surface area contributed by atoms with E-state index in [1.807, 2.05) is 24.3 Å². The number of hydrogen-bond acceptors (Lipinski definition) is 6. The molecular formula is C21H17N3O4S. The zero-order valence-electron chi connectivity index (χ0n) is 15.3. The van der Waals surface area contributed by atoms with Crippen LogP contribution in [-0.2, 0) is 4.74 Å². The van der Waals surface area contributed by atoms with Crippen molar-refractivity contribution in [3.05, 3.63) is 69.7 Å². The molecule has 29 heavy (non-hydrogen) atoms. The minimum atomic E-state index is -1.08. The zero-order chi connectivity index (χ0) is 20.0. The van der Waals surface area contributed by atoms with Gasteiger partial charge in [-0.05, 0) is 22.3 Å². The Balaban J connectivity index is 1.22. The summed E-state index contributed by atoms with van der Waals surface area (Å²) in [5.41, 5.74) is 4.74. The quantitative estimate of drug-likeness (QED) is 0.711. The molecule has 1 fully saturated rings. The Morgan fingerprint density at radius 2 is 1.66 bits per heavy atom. The Labute approximate surface area is 170 Å². The first kappa shape index (κ1) is 17.8. The van der Waals surface area contributed by atoms with E-state index in [1.165, 1.54) is 22.3 Å². The number of rotatable bonds is 4. The van der Waals surface area contributed by atoms with Crippen molar-refractivity contribution >= 4 is 23.4 Å². The molecule has 8 heteroatoms. The van der Waals surface area contributed by atoms with Gasteiger partial charge in [-0.25, -0.2) is 9.59 Å². The van der Waals surface area contributed by atoms with E-state index >= 15 is 0 Å². The van der Waals surface area contributed by atoms with Gasteiger partial charge in [-0.1, -0.05) is 59.9 Å². The molecule has 1 aliphatic carbocycles. The lowest BCUT2D eigenvalue weighted by Crippen LogP contribution is -2.48. The van der Waals surface area contributed by atoms with E-state index in [0.29, 0.717) is 18.1 Å². The topological polar surface area (TPSA) is 92.6 Å². The third kappa shape index (κ3) is 3.05. The molecule has 2 heterocycles. The minimum absolute atomic E-state index is 0.0149. The molecule has 0 atom stereocenters. The van der Waals surface area contributed by atoms with Crippen molar-refractivity contribution in [1.29, 1.82) is 0 Å². The second-order valence-corrected chi connectivity index (χ2v) is 8.17. The molecule has 3 aromatic rings. The summed E-state index contributed by atoms with van der Waals surface area (Å²) in [4.78, 5) is 25.0. The Morgan fingerprint density at radius 3 is 2.24 bits per heavy atom. The number of ether oxygens (including phenoxy) is 1. The molecule has 0 bridgehead atoms. The van der Waals surface area contributed by atoms with Gasteiger partial charge in [0.05, 0.1) is 0 Å². The van der Waals surface area contributed by atoms with Crippen LogP contribution in [0.2, 0.25) is 0 Å². The number of aromatic carboxylic acids is 1. The van der Waals surface area contributed by atoms with Crippen LogP contribution in [0.4, 0.5) is 4.79 Å². The Hall–Kier alpha value is -3.26. The molecule has 0 spiro atoms. The van der Waals surface area contributed by atoms with Crippen LogP contribution in [0, 0.1) is 0 Å². The number of nitrogens with zero attached hydrogens (tertiary/aromatic N) is 3. The maximum absolute atomic E-state index is 12.5. The summed E-state index contributed by atoms with van der Waals surface area (Å²) in [5, 5.41) is 17.1. The summed E-state index contributed by atoms with van der Waals surface area (Å²) in [5.74, 6) is -1.03. The molecule has 1 N–H and O–H groups in total. The highest BCUT2D eigenvalue weighted by atomic mass is 32.1. The number of hydrogen-bond donors (Lipinski definition) is 1. The average Bonchev–Trinajstić information content (AvgIpc) is 3.29. The fraction of sp³-hybridized carbons (Fsp3) is 0.238. The summed E-state index contributed by atoms with van der Waals surface area (Å²) < 4.78 is 5.63. The van der Waals surface area contributed by atoms with Crippen molar-refractivity contribution in [2.75, 3.05) is 19.7 Å². The van der Waals surface area contributed by atoms with Crippen molar-refractivity contribution < 1.29 is 19.4 Å². The highest BCUT2D eigenvalue weighted by molar-refractivity contribution is 7.13. The first-order valence-corrected chi connectivity index (χ1v) is 10.1. The number of carbonyl (C=O) groups is 2. The van der Waals surface area contributed by atoms with E-state index in [-0.39, 0.29) is 29.5 Å². The summed E-state index contributed by atoms with van der Waals surface area (Å²) >= 11 is 1.06. The van der Waals surface area contributed by atoms with Crippen molar-refractivity contribution in [3.8, 4) is 11.1 Å². The number of aromatic nitrogens is 2. The number of carbonyl (C=O) groups excluding carboxylic acids is 1. The van der Waals surface area contributed by atoms with Gasteiger partial charge in [-0.3, -0.25) is 0 Å². The standard InChI is InChI=1S/C21H17N3O4S/c25-20(26)19-23-22-18(29-19)12-9-24(10-12)21(27)28-11-17-15-7-3-1-5-13(15)14-6-2-4-8-16(14)17/h1-8,12,17H,9-11H2,(H,25,26). The third-order valence-electron chi connectivity index (χ3n) is 5.45. The number of carboxylic acids is 1. The lowest BCUT2D eigenvalue weighted by Gasteiger charge is -2.37. The van der Waals surface area contributed by atoms with E-state index in [0.717, 1.165) is 11.3 Å². The zero-order valence-corrected chi connectivity index (χ0v) is 16.1. The maximum atomic E-state index is 12.5. The van der Waals surface area contributed by atoms with Gasteiger partial charge in [0.25, 0.3) is 0 Å². The van der Waals surface area contributed by atoms with Crippen LogP contribution in [0.3, 0.4) is 0 Å². The van der Waals surface area contributed by atoms with Crippen molar-refractivity contribution in [2.24, 2.45) is 0 Å². The summed E-state index contributed by atoms with van der Waals surface area (Å²) in [6.45, 7) is 1.21. The molecule has 1 amide bonds. The first-order valence-electron chi connectivity index (χ1n) is 9.28. The number of amides is 1. The maximum Gasteiger partial charge on any atom is 0.409 e. The molecule has 7 nitrogen and oxygen atoms in total. The lowest BCUT2D eigenvalue weighted by molar-refractivity contribution is 0.0689. The van der Waals surface area contributed by atoms with Crippen LogP contribution in [-0.4, -0.2) is 52.0 Å². The van der Waals surface area contributed by atoms with E-state index in [1.54, 1.807) is 4.90 Å². The summed E-state index contributed by atoms with van der Waals surface area (Å²) in [7, 11) is 0. The molecule has 1 aromatic heterocycles. The molecule has 1 aliphatic heterocycles. The van der Waals surface area contributed by atoms with Gasteiger partial charge in [-0.15, -0.1) is 10.2 Å². The normalized spacial score (nSPS) is 15.5. The van der Waals surface area contributed by atoms with Gasteiger partial charge in [0.15, 0.2) is 0 Å². The van der Waals surface area contributed by atoms with E-state index < -0.39 is 5.97 Å². The molecule has 0 radical (unpaired) electrons. The van der Waals surface area contributed by atoms with Gasteiger partial charge in [0.1, 0.15) is 11.6 Å². The van der Waals surface area contributed by atoms with Gasteiger partial charge in [0.2, 0.25) is 5.01 Å². The summed E-state index contributed by atoms with van der Waals surface area (Å²) in [6.07, 6.45) is -0.355. The Bertz CT molecular complexity index is 1060. The monoisotopic (exact) mass is 407 g/mol. The smallest absolute Gasteiger partial charge is 0.409 e. The predicted molar refractivity (Wildman–Crippen MR) is 106 cm³/mol. The largest absolute Gasteiger partial charge is 0.476 e. The van der Waals surface area contributed by atoms with Gasteiger partial charge >= 0.3 is 12.1 Å². The average molecular weight is 407 g/mol. The fourth-order valence-corrected chi connectivity index (χ4v) is 4.72. The van der Waals surface area contributed by atoms with E-state index in [9.17, 15) is 9.59 Å². The molecule has 1 saturated heterocycles. The van der Waals surface area contributed by atoms with Crippen molar-refractivity contribution in [2.45, 2.75) is 11.8 Å². The van der Waals surface area contributed by atoms with Crippen LogP contribution < -0.4 is 0 Å². The third-order valence-corrected chi connectivity index (χ3v) is 6.52. The van der Waals surface area contributed by atoms with Gasteiger partial charge in [0, 0.05) is 24.9 Å². The highest BCUT2D eigenvalue weighted by Gasteiger charge is 2.36. The van der Waals surface area contributed by atoms with Crippen LogP contribution in [0.1, 0.15) is 37.8 Å². The summed E-state index contributed by atoms with van der Waals surface area (Å²) in [6, 6.07) is 16.4. The molecule has 146 valence electrons. The molecule has 2 aliphatic rings. The second kappa shape index (κ2) is 6.97. The van der Waals surface area contributed by atoms with Crippen molar-refractivity contribution in [1.82, 2.24) is 15.1 Å². The van der Waals surface area contributed by atoms with E-state index in [4.69, 9.17) is 9.84 Å². The van der Waals surface area contributed by atoms with E-state index in [2.05, 4.69) is 34.5 Å². The Morgan fingerprint density at radius 1 is 1.03 bits per heavy atom. The highest BCUT2D eigenvalue weighted by Crippen LogP contribution is 2.44. The Kier molecular flexibility index (Phi) is 4.28. The van der Waals surface area contributed by atoms with Crippen molar-refractivity contribution in [3.63, 3.8) is 0 Å². The first-order chi connectivity index (χ1) is 14.1. The van der Waals surface area contributed by atoms with Gasteiger partial charge in [-0.2, -0.15) is 0 Å². The van der Waals surface area contributed by atoms with Crippen LogP contribution in [0.25, 0.3) is 11.1 Å². The lowest BCUT2D eigenvalue weighted by atomic mass is 9.98. The molecule has 2 aromatic carbocycles.